The van der Waals surface area contributed by atoms with Gasteiger partial charge in [-0.15, -0.1) is 0 Å². The normalized spacial score (nSPS) is 29.9. The van der Waals surface area contributed by atoms with Crippen LogP contribution in [0.25, 0.3) is 0 Å². The number of rotatable bonds is 0. The number of aliphatic hydroxyl groups is 1. The molecule has 0 saturated heterocycles. The Kier molecular flexibility index (Phi) is 8.78. The van der Waals surface area contributed by atoms with E-state index in [2.05, 4.69) is 9.62 Å². The Morgan fingerprint density at radius 2 is 1.88 bits per heavy atom. The second kappa shape index (κ2) is 12.1. The number of nitrogens with one attached hydrogen (secondary N) is 1. The molecule has 2 N–H and O–H groups in total. The Balaban J connectivity index is 1.53. The highest BCUT2D eigenvalue weighted by Crippen LogP contribution is 2.41. The summed E-state index contributed by atoms with van der Waals surface area (Å²) < 4.78 is 34.4. The fraction of sp³-hybridized carbons (Fsp3) is 0.516. The standard InChI is InChI=1S/C31H39ClN2O5S/c1-20-6-12-29(35)27-11-8-24(27)17-34-14-4-3-5-22-15-26(32)10-7-25(22)18-39-30-13-9-23(16-28(30)34)31(36)33-40(37,38)19-21(20)2/h6-7,9-10,12-13,15-16,20-21,24,27,29,35H,3-5,8,11,14,17-19H2,1-2H3,(H,33,36)/b12-6+/t20-,21+,24+,27-,29-/m1/s1. The van der Waals surface area contributed by atoms with Crippen LogP contribution in [0.4, 0.5) is 5.69 Å². The first-order valence-electron chi connectivity index (χ1n) is 14.3. The van der Waals surface area contributed by atoms with Gasteiger partial charge >= 0.3 is 0 Å². The number of aliphatic hydroxyl groups excluding tert-OH is 1. The molecule has 7 nitrogen and oxygen atoms in total. The van der Waals surface area contributed by atoms with Crippen molar-refractivity contribution in [3.8, 4) is 5.75 Å². The van der Waals surface area contributed by atoms with Crippen LogP contribution in [0.3, 0.4) is 0 Å². The highest BCUT2D eigenvalue weighted by atomic mass is 35.5. The molecule has 5 atom stereocenters. The van der Waals surface area contributed by atoms with Crippen molar-refractivity contribution in [3.63, 3.8) is 0 Å². The Bertz CT molecular complexity index is 1380. The van der Waals surface area contributed by atoms with E-state index in [9.17, 15) is 18.3 Å². The third kappa shape index (κ3) is 6.67. The average Bonchev–Trinajstić information content (AvgIpc) is 2.91. The molecule has 0 aromatic heterocycles. The van der Waals surface area contributed by atoms with Gasteiger partial charge in [-0.05, 0) is 97.2 Å². The van der Waals surface area contributed by atoms with E-state index in [4.69, 9.17) is 16.3 Å². The van der Waals surface area contributed by atoms with Crippen LogP contribution in [-0.4, -0.2) is 44.4 Å². The van der Waals surface area contributed by atoms with Gasteiger partial charge in [0, 0.05) is 23.7 Å². The smallest absolute Gasteiger partial charge is 0.264 e. The van der Waals surface area contributed by atoms with Crippen molar-refractivity contribution in [2.75, 3.05) is 23.7 Å². The van der Waals surface area contributed by atoms with Gasteiger partial charge in [-0.2, -0.15) is 0 Å². The van der Waals surface area contributed by atoms with Crippen LogP contribution in [0.15, 0.2) is 48.6 Å². The molecule has 2 aliphatic heterocycles. The van der Waals surface area contributed by atoms with Crippen molar-refractivity contribution in [2.24, 2.45) is 23.7 Å². The van der Waals surface area contributed by atoms with Crippen LogP contribution < -0.4 is 14.4 Å². The molecule has 0 spiro atoms. The first kappa shape index (κ1) is 29.0. The Morgan fingerprint density at radius 3 is 2.65 bits per heavy atom. The van der Waals surface area contributed by atoms with Crippen molar-refractivity contribution < 1.29 is 23.1 Å². The molecule has 3 aliphatic rings. The molecule has 2 heterocycles. The molecule has 40 heavy (non-hydrogen) atoms. The maximum Gasteiger partial charge on any atom is 0.264 e. The van der Waals surface area contributed by atoms with Crippen molar-refractivity contribution in [1.29, 1.82) is 0 Å². The first-order chi connectivity index (χ1) is 19.1. The van der Waals surface area contributed by atoms with Crippen LogP contribution in [0.5, 0.6) is 5.75 Å². The summed E-state index contributed by atoms with van der Waals surface area (Å²) in [7, 11) is -3.86. The Hall–Kier alpha value is -2.55. The molecule has 2 aromatic rings. The van der Waals surface area contributed by atoms with Crippen molar-refractivity contribution >= 4 is 33.2 Å². The number of aryl methyl sites for hydroxylation is 1. The lowest BCUT2D eigenvalue weighted by Crippen LogP contribution is -2.43. The number of anilines is 1. The number of ether oxygens (including phenoxy) is 1. The zero-order valence-electron chi connectivity index (χ0n) is 23.2. The third-order valence-corrected chi connectivity index (χ3v) is 10.5. The quantitative estimate of drug-likeness (QED) is 0.404. The van der Waals surface area contributed by atoms with E-state index < -0.39 is 22.0 Å². The largest absolute Gasteiger partial charge is 0.487 e. The van der Waals surface area contributed by atoms with E-state index in [0.29, 0.717) is 23.3 Å². The summed E-state index contributed by atoms with van der Waals surface area (Å²) in [5.74, 6) is -0.0501. The van der Waals surface area contributed by atoms with Crippen LogP contribution in [-0.2, 0) is 23.1 Å². The van der Waals surface area contributed by atoms with Gasteiger partial charge in [0.05, 0.1) is 17.5 Å². The molecular formula is C31H39ClN2O5S. The third-order valence-electron chi connectivity index (χ3n) is 8.85. The fourth-order valence-electron chi connectivity index (χ4n) is 5.99. The predicted octanol–water partition coefficient (Wildman–Crippen LogP) is 5.35. The number of halogens is 1. The first-order valence-corrected chi connectivity index (χ1v) is 16.3. The number of carbonyl (C=O) groups excluding carboxylic acids is 1. The number of benzene rings is 2. The molecule has 1 saturated carbocycles. The lowest BCUT2D eigenvalue weighted by Gasteiger charge is -2.42. The van der Waals surface area contributed by atoms with Gasteiger partial charge in [0.15, 0.2) is 0 Å². The second-order valence-corrected chi connectivity index (χ2v) is 13.9. The van der Waals surface area contributed by atoms with E-state index in [-0.39, 0.29) is 29.1 Å². The highest BCUT2D eigenvalue weighted by Gasteiger charge is 2.37. The van der Waals surface area contributed by atoms with Crippen molar-refractivity contribution in [3.05, 3.63) is 70.3 Å². The van der Waals surface area contributed by atoms with E-state index in [1.165, 1.54) is 5.56 Å². The lowest BCUT2D eigenvalue weighted by atomic mass is 9.70. The lowest BCUT2D eigenvalue weighted by molar-refractivity contribution is 0.0459. The van der Waals surface area contributed by atoms with Gasteiger partial charge in [-0.3, -0.25) is 4.79 Å². The summed E-state index contributed by atoms with van der Waals surface area (Å²) in [6.45, 7) is 5.62. The van der Waals surface area contributed by atoms with Crippen molar-refractivity contribution in [2.45, 2.75) is 58.7 Å². The van der Waals surface area contributed by atoms with Gasteiger partial charge in [0.25, 0.3) is 5.91 Å². The fourth-order valence-corrected chi connectivity index (χ4v) is 7.67. The number of allylic oxidation sites excluding steroid dienone is 1. The summed E-state index contributed by atoms with van der Waals surface area (Å²) in [6.07, 6.45) is 7.92. The zero-order valence-corrected chi connectivity index (χ0v) is 24.8. The number of sulfonamides is 1. The molecule has 2 bridgehead atoms. The minimum absolute atomic E-state index is 0.0687. The van der Waals surface area contributed by atoms with E-state index in [1.54, 1.807) is 18.2 Å². The minimum Gasteiger partial charge on any atom is -0.487 e. The number of carbonyl (C=O) groups is 1. The zero-order chi connectivity index (χ0) is 28.4. The molecule has 2 aromatic carbocycles. The number of hydrogen-bond acceptors (Lipinski definition) is 6. The topological polar surface area (TPSA) is 95.9 Å². The molecule has 216 valence electrons. The summed E-state index contributed by atoms with van der Waals surface area (Å²) in [4.78, 5) is 15.4. The van der Waals surface area contributed by atoms with Crippen LogP contribution >= 0.6 is 11.6 Å². The molecule has 0 unspecified atom stereocenters. The summed E-state index contributed by atoms with van der Waals surface area (Å²) >= 11 is 6.29. The number of hydrogen-bond donors (Lipinski definition) is 2. The molecule has 5 rings (SSSR count). The maximum absolute atomic E-state index is 13.2. The Labute approximate surface area is 242 Å². The highest BCUT2D eigenvalue weighted by molar-refractivity contribution is 7.90. The molecule has 1 aliphatic carbocycles. The van der Waals surface area contributed by atoms with Gasteiger partial charge in [-0.1, -0.05) is 43.7 Å². The van der Waals surface area contributed by atoms with Gasteiger partial charge < -0.3 is 14.7 Å². The molecular weight excluding hydrogens is 548 g/mol. The van der Waals surface area contributed by atoms with Crippen LogP contribution in [0.1, 0.15) is 61.0 Å². The molecule has 1 fully saturated rings. The van der Waals surface area contributed by atoms with Gasteiger partial charge in [0.1, 0.15) is 12.4 Å². The number of nitrogens with zero attached hydrogens (tertiary/aromatic N) is 1. The molecule has 1 amide bonds. The summed E-state index contributed by atoms with van der Waals surface area (Å²) in [6, 6.07) is 11.0. The molecule has 0 radical (unpaired) electrons. The summed E-state index contributed by atoms with van der Waals surface area (Å²) in [5, 5.41) is 11.7. The summed E-state index contributed by atoms with van der Waals surface area (Å²) in [5.41, 5.74) is 3.29. The monoisotopic (exact) mass is 586 g/mol. The predicted molar refractivity (Wildman–Crippen MR) is 158 cm³/mol. The number of fused-ring (bicyclic) bond motifs is 3. The Morgan fingerprint density at radius 1 is 1.05 bits per heavy atom. The van der Waals surface area contributed by atoms with Gasteiger partial charge in [0.2, 0.25) is 10.0 Å². The van der Waals surface area contributed by atoms with Crippen LogP contribution in [0.2, 0.25) is 5.02 Å². The van der Waals surface area contributed by atoms with Crippen molar-refractivity contribution in [1.82, 2.24) is 4.72 Å². The van der Waals surface area contributed by atoms with E-state index in [0.717, 1.165) is 56.4 Å². The minimum atomic E-state index is -3.86. The number of amides is 1. The average molecular weight is 587 g/mol. The van der Waals surface area contributed by atoms with E-state index >= 15 is 0 Å². The van der Waals surface area contributed by atoms with Crippen LogP contribution in [0, 0.1) is 23.7 Å². The maximum atomic E-state index is 13.2. The van der Waals surface area contributed by atoms with Gasteiger partial charge in [-0.25, -0.2) is 13.1 Å². The molecule has 9 heteroatoms. The SMILES string of the molecule is C[C@@H]1/C=C/[C@@H](O)[C@@H]2CC[C@H]2CN2CCCCc3cc(Cl)ccc3COc3ccc(cc32)C(=O)NS(=O)(=O)C[C@@H]1C. The van der Waals surface area contributed by atoms with E-state index in [1.807, 2.05) is 44.2 Å². The second-order valence-electron chi connectivity index (χ2n) is 11.7.